The molecule has 1 aromatic heterocycles. The molecule has 0 fully saturated rings. The zero-order chi connectivity index (χ0) is 29.3. The highest BCUT2D eigenvalue weighted by molar-refractivity contribution is 6.36. The Hall–Kier alpha value is -4.41. The summed E-state index contributed by atoms with van der Waals surface area (Å²) in [5.41, 5.74) is 2.61. The lowest BCUT2D eigenvalue weighted by Crippen LogP contribution is -2.32. The van der Waals surface area contributed by atoms with Gasteiger partial charge >= 0.3 is 0 Å². The van der Waals surface area contributed by atoms with Crippen LogP contribution in [0.5, 0.6) is 23.0 Å². The second-order valence-electron chi connectivity index (χ2n) is 9.00. The molecule has 41 heavy (non-hydrogen) atoms. The molecular formula is C29H27Cl2N5O5. The van der Waals surface area contributed by atoms with Gasteiger partial charge in [-0.25, -0.2) is 4.68 Å². The number of ether oxygens (including phenoxy) is 4. The average molecular weight is 596 g/mol. The summed E-state index contributed by atoms with van der Waals surface area (Å²) in [6.07, 6.45) is 0. The Labute approximate surface area is 246 Å². The van der Waals surface area contributed by atoms with Crippen LogP contribution in [-0.2, 0) is 4.79 Å². The van der Waals surface area contributed by atoms with Crippen molar-refractivity contribution in [3.63, 3.8) is 0 Å². The Morgan fingerprint density at radius 3 is 2.27 bits per heavy atom. The number of nitrogens with zero attached hydrogens (tertiary/aromatic N) is 3. The molecule has 1 atom stereocenters. The number of carbonyl (C=O) groups is 1. The number of fused-ring (bicyclic) bond motifs is 1. The van der Waals surface area contributed by atoms with Gasteiger partial charge in [-0.15, -0.1) is 5.10 Å². The summed E-state index contributed by atoms with van der Waals surface area (Å²) in [5, 5.41) is 11.9. The van der Waals surface area contributed by atoms with Crippen LogP contribution >= 0.6 is 23.2 Å². The Balaban J connectivity index is 1.70. The number of hydrogen-bond donors (Lipinski definition) is 2. The highest BCUT2D eigenvalue weighted by Gasteiger charge is 2.37. The number of rotatable bonds is 8. The van der Waals surface area contributed by atoms with Crippen LogP contribution in [0.25, 0.3) is 11.4 Å². The first-order chi connectivity index (χ1) is 19.8. The molecule has 2 heterocycles. The molecule has 1 aliphatic rings. The van der Waals surface area contributed by atoms with Crippen molar-refractivity contribution in [1.82, 2.24) is 14.8 Å². The number of halogens is 2. The van der Waals surface area contributed by atoms with Crippen LogP contribution in [0.1, 0.15) is 18.5 Å². The molecule has 12 heteroatoms. The van der Waals surface area contributed by atoms with Gasteiger partial charge in [-0.1, -0.05) is 35.3 Å². The van der Waals surface area contributed by atoms with E-state index in [1.807, 2.05) is 12.1 Å². The lowest BCUT2D eigenvalue weighted by Gasteiger charge is -2.30. The summed E-state index contributed by atoms with van der Waals surface area (Å²) in [5.74, 6) is 2.26. The van der Waals surface area contributed by atoms with E-state index in [0.29, 0.717) is 72.9 Å². The zero-order valence-electron chi connectivity index (χ0n) is 22.9. The summed E-state index contributed by atoms with van der Waals surface area (Å²) in [4.78, 5) is 18.7. The van der Waals surface area contributed by atoms with Crippen molar-refractivity contribution in [2.45, 2.75) is 13.0 Å². The molecule has 2 N–H and O–H groups in total. The molecular weight excluding hydrogens is 569 g/mol. The Morgan fingerprint density at radius 2 is 1.59 bits per heavy atom. The first-order valence-electron chi connectivity index (χ1n) is 12.4. The molecule has 10 nitrogen and oxygen atoms in total. The number of anilines is 2. The molecule has 1 unspecified atom stereocenters. The lowest BCUT2D eigenvalue weighted by molar-refractivity contribution is -0.113. The maximum atomic E-state index is 14.0. The number of nitrogens with one attached hydrogen (secondary N) is 2. The molecule has 3 aromatic carbocycles. The zero-order valence-corrected chi connectivity index (χ0v) is 24.4. The van der Waals surface area contributed by atoms with Crippen LogP contribution in [0.2, 0.25) is 10.0 Å². The molecule has 212 valence electrons. The minimum absolute atomic E-state index is 0.345. The number of benzene rings is 3. The molecule has 0 radical (unpaired) electrons. The third kappa shape index (κ3) is 5.23. The fraction of sp³-hybridized carbons (Fsp3) is 0.207. The van der Waals surface area contributed by atoms with E-state index in [-0.39, 0.29) is 5.91 Å². The van der Waals surface area contributed by atoms with Crippen LogP contribution < -0.4 is 29.6 Å². The summed E-state index contributed by atoms with van der Waals surface area (Å²) < 4.78 is 23.9. The Morgan fingerprint density at radius 1 is 0.902 bits per heavy atom. The summed E-state index contributed by atoms with van der Waals surface area (Å²) >= 11 is 12.6. The minimum Gasteiger partial charge on any atom is -0.496 e. The fourth-order valence-corrected chi connectivity index (χ4v) is 5.21. The number of hydrogen-bond acceptors (Lipinski definition) is 8. The van der Waals surface area contributed by atoms with Gasteiger partial charge in [-0.05, 0) is 43.3 Å². The number of aromatic nitrogens is 3. The molecule has 0 aliphatic carbocycles. The molecule has 4 aromatic rings. The van der Waals surface area contributed by atoms with E-state index in [0.717, 1.165) is 0 Å². The predicted octanol–water partition coefficient (Wildman–Crippen LogP) is 6.21. The number of carbonyl (C=O) groups excluding carboxylic acids is 1. The second-order valence-corrected chi connectivity index (χ2v) is 9.84. The maximum Gasteiger partial charge on any atom is 0.255 e. The standard InChI is InChI=1S/C29H27Cl2N5O5/c1-15-25(28(37)33-20-8-6-7-9-21(20)38-2)26(18-13-23(40-4)24(41-5)14-22(18)39-3)36-29(32-15)34-27(35-36)17-11-10-16(30)12-19(17)31/h6-14,26H,1-5H3,(H,33,37)(H,32,34,35). The van der Waals surface area contributed by atoms with Gasteiger partial charge in [0.2, 0.25) is 5.95 Å². The van der Waals surface area contributed by atoms with Crippen LogP contribution in [0, 0.1) is 0 Å². The van der Waals surface area contributed by atoms with Crippen molar-refractivity contribution in [2.24, 2.45) is 0 Å². The molecule has 5 rings (SSSR count). The van der Waals surface area contributed by atoms with Crippen molar-refractivity contribution in [3.05, 3.63) is 81.5 Å². The van der Waals surface area contributed by atoms with E-state index in [1.165, 1.54) is 21.3 Å². The first kappa shape index (κ1) is 28.1. The smallest absolute Gasteiger partial charge is 0.255 e. The topological polar surface area (TPSA) is 109 Å². The summed E-state index contributed by atoms with van der Waals surface area (Å²) in [6, 6.07) is 14.9. The Bertz CT molecular complexity index is 1670. The van der Waals surface area contributed by atoms with Crippen molar-refractivity contribution < 1.29 is 23.7 Å². The molecule has 1 amide bonds. The van der Waals surface area contributed by atoms with Gasteiger partial charge in [0.25, 0.3) is 5.91 Å². The van der Waals surface area contributed by atoms with Gasteiger partial charge in [0.05, 0.1) is 44.7 Å². The van der Waals surface area contributed by atoms with Gasteiger partial charge < -0.3 is 29.6 Å². The molecule has 1 aliphatic heterocycles. The molecule has 0 bridgehead atoms. The van der Waals surface area contributed by atoms with E-state index in [4.69, 9.17) is 52.2 Å². The predicted molar refractivity (Wildman–Crippen MR) is 158 cm³/mol. The van der Waals surface area contributed by atoms with E-state index >= 15 is 0 Å². The molecule has 0 saturated heterocycles. The SMILES string of the molecule is COc1ccccc1NC(=O)C1=C(C)Nc2nc(-c3ccc(Cl)cc3Cl)nn2C1c1cc(OC)c(OC)cc1OC. The normalized spacial score (nSPS) is 14.2. The number of methoxy groups -OCH3 is 4. The van der Waals surface area contributed by atoms with Crippen LogP contribution in [0.15, 0.2) is 65.9 Å². The van der Waals surface area contributed by atoms with E-state index < -0.39 is 6.04 Å². The number of allylic oxidation sites excluding steroid dienone is 1. The monoisotopic (exact) mass is 595 g/mol. The number of amides is 1. The maximum absolute atomic E-state index is 14.0. The van der Waals surface area contributed by atoms with Crippen molar-refractivity contribution in [1.29, 1.82) is 0 Å². The third-order valence-electron chi connectivity index (χ3n) is 6.65. The molecule has 0 spiro atoms. The highest BCUT2D eigenvalue weighted by Crippen LogP contribution is 2.45. The fourth-order valence-electron chi connectivity index (χ4n) is 4.72. The quantitative estimate of drug-likeness (QED) is 0.247. The summed E-state index contributed by atoms with van der Waals surface area (Å²) in [6.45, 7) is 1.80. The van der Waals surface area contributed by atoms with Crippen molar-refractivity contribution in [2.75, 3.05) is 39.1 Å². The van der Waals surface area contributed by atoms with E-state index in [9.17, 15) is 4.79 Å². The number of para-hydroxylation sites is 2. The van der Waals surface area contributed by atoms with Crippen LogP contribution in [-0.4, -0.2) is 49.1 Å². The highest BCUT2D eigenvalue weighted by atomic mass is 35.5. The van der Waals surface area contributed by atoms with Crippen LogP contribution in [0.4, 0.5) is 11.6 Å². The Kier molecular flexibility index (Phi) is 7.96. The van der Waals surface area contributed by atoms with Gasteiger partial charge in [-0.3, -0.25) is 4.79 Å². The van der Waals surface area contributed by atoms with Crippen molar-refractivity contribution >= 4 is 40.7 Å². The van der Waals surface area contributed by atoms with Crippen molar-refractivity contribution in [3.8, 4) is 34.4 Å². The van der Waals surface area contributed by atoms with Gasteiger partial charge in [0.1, 0.15) is 17.5 Å². The van der Waals surface area contributed by atoms with Gasteiger partial charge in [0, 0.05) is 27.9 Å². The van der Waals surface area contributed by atoms with E-state index in [2.05, 4.69) is 10.6 Å². The third-order valence-corrected chi connectivity index (χ3v) is 7.20. The minimum atomic E-state index is -0.789. The van der Waals surface area contributed by atoms with Gasteiger partial charge in [0.15, 0.2) is 17.3 Å². The van der Waals surface area contributed by atoms with Crippen LogP contribution in [0.3, 0.4) is 0 Å². The summed E-state index contributed by atoms with van der Waals surface area (Å²) in [7, 11) is 6.15. The first-order valence-corrected chi connectivity index (χ1v) is 13.2. The molecule has 0 saturated carbocycles. The van der Waals surface area contributed by atoms with Gasteiger partial charge in [-0.2, -0.15) is 4.98 Å². The van der Waals surface area contributed by atoms with E-state index in [1.54, 1.807) is 61.2 Å². The largest absolute Gasteiger partial charge is 0.496 e. The second kappa shape index (κ2) is 11.6. The lowest BCUT2D eigenvalue weighted by atomic mass is 9.93. The average Bonchev–Trinajstić information content (AvgIpc) is 3.38.